The van der Waals surface area contributed by atoms with Crippen molar-refractivity contribution in [2.75, 3.05) is 13.7 Å². The van der Waals surface area contributed by atoms with Crippen LogP contribution in [0.15, 0.2) is 18.2 Å². The van der Waals surface area contributed by atoms with Gasteiger partial charge in [0.05, 0.1) is 13.7 Å². The molecule has 0 saturated carbocycles. The highest BCUT2D eigenvalue weighted by atomic mass is 16.5. The molecule has 1 aromatic carbocycles. The highest BCUT2D eigenvalue weighted by Gasteiger charge is 2.19. The SMILES string of the molecule is COc1ccc(OCCCCCC(=O)O)c(C(C)(C)C)c1. The standard InChI is InChI=1S/C17H26O4/c1-17(2,3)14-12-13(20-4)9-10-15(14)21-11-7-5-6-8-16(18)19/h9-10,12H,5-8,11H2,1-4H3,(H,18,19). The highest BCUT2D eigenvalue weighted by Crippen LogP contribution is 2.34. The molecule has 0 aliphatic rings. The van der Waals surface area contributed by atoms with Crippen molar-refractivity contribution >= 4 is 5.97 Å². The maximum atomic E-state index is 10.4. The Morgan fingerprint density at radius 3 is 2.48 bits per heavy atom. The van der Waals surface area contributed by atoms with Gasteiger partial charge in [-0.05, 0) is 42.9 Å². The molecule has 0 spiro atoms. The molecule has 0 aliphatic carbocycles. The average molecular weight is 294 g/mol. The molecule has 0 aliphatic heterocycles. The maximum Gasteiger partial charge on any atom is 0.303 e. The normalized spacial score (nSPS) is 11.2. The predicted octanol–water partition coefficient (Wildman–Crippen LogP) is 4.02. The number of carbonyl (C=O) groups is 1. The molecule has 0 amide bonds. The number of ether oxygens (including phenoxy) is 2. The van der Waals surface area contributed by atoms with Gasteiger partial charge < -0.3 is 14.6 Å². The summed E-state index contributed by atoms with van der Waals surface area (Å²) in [5.41, 5.74) is 1.10. The van der Waals surface area contributed by atoms with Crippen LogP contribution in [0.25, 0.3) is 0 Å². The Bertz CT molecular complexity index is 460. The number of rotatable bonds is 8. The van der Waals surface area contributed by atoms with Crippen LogP contribution in [0.2, 0.25) is 0 Å². The van der Waals surface area contributed by atoms with Crippen molar-refractivity contribution in [3.05, 3.63) is 23.8 Å². The molecule has 4 nitrogen and oxygen atoms in total. The summed E-state index contributed by atoms with van der Waals surface area (Å²) < 4.78 is 11.1. The van der Waals surface area contributed by atoms with E-state index in [2.05, 4.69) is 20.8 Å². The van der Waals surface area contributed by atoms with Gasteiger partial charge in [0.15, 0.2) is 0 Å². The maximum absolute atomic E-state index is 10.4. The molecular weight excluding hydrogens is 268 g/mol. The van der Waals surface area contributed by atoms with Crippen molar-refractivity contribution in [1.29, 1.82) is 0 Å². The van der Waals surface area contributed by atoms with Crippen molar-refractivity contribution in [2.24, 2.45) is 0 Å². The van der Waals surface area contributed by atoms with Gasteiger partial charge in [0.2, 0.25) is 0 Å². The Kier molecular flexibility index (Phi) is 6.53. The van der Waals surface area contributed by atoms with Crippen LogP contribution in [-0.4, -0.2) is 24.8 Å². The lowest BCUT2D eigenvalue weighted by Crippen LogP contribution is -2.14. The number of benzene rings is 1. The van der Waals surface area contributed by atoms with Crippen molar-refractivity contribution in [3.63, 3.8) is 0 Å². The number of hydrogen-bond acceptors (Lipinski definition) is 3. The van der Waals surface area contributed by atoms with Crippen molar-refractivity contribution < 1.29 is 19.4 Å². The van der Waals surface area contributed by atoms with Gasteiger partial charge in [-0.2, -0.15) is 0 Å². The molecule has 0 heterocycles. The van der Waals surface area contributed by atoms with Crippen molar-refractivity contribution in [2.45, 2.75) is 51.9 Å². The monoisotopic (exact) mass is 294 g/mol. The van der Waals surface area contributed by atoms with Gasteiger partial charge in [-0.1, -0.05) is 20.8 Å². The lowest BCUT2D eigenvalue weighted by Gasteiger charge is -2.23. The zero-order valence-corrected chi connectivity index (χ0v) is 13.4. The average Bonchev–Trinajstić information content (AvgIpc) is 2.41. The first-order chi connectivity index (χ1) is 9.84. The minimum absolute atomic E-state index is 0.0207. The summed E-state index contributed by atoms with van der Waals surface area (Å²) >= 11 is 0. The summed E-state index contributed by atoms with van der Waals surface area (Å²) in [4.78, 5) is 10.4. The fourth-order valence-corrected chi connectivity index (χ4v) is 2.09. The molecule has 118 valence electrons. The first kappa shape index (κ1) is 17.3. The molecule has 0 bridgehead atoms. The molecular formula is C17H26O4. The van der Waals surface area contributed by atoms with E-state index in [-0.39, 0.29) is 11.8 Å². The first-order valence-corrected chi connectivity index (χ1v) is 7.37. The molecule has 0 fully saturated rings. The summed E-state index contributed by atoms with van der Waals surface area (Å²) in [6, 6.07) is 5.85. The second-order valence-corrected chi connectivity index (χ2v) is 6.16. The van der Waals surface area contributed by atoms with Crippen LogP contribution in [-0.2, 0) is 10.2 Å². The van der Waals surface area contributed by atoms with Gasteiger partial charge in [-0.15, -0.1) is 0 Å². The fraction of sp³-hybridized carbons (Fsp3) is 0.588. The summed E-state index contributed by atoms with van der Waals surface area (Å²) in [7, 11) is 1.66. The largest absolute Gasteiger partial charge is 0.497 e. The van der Waals surface area contributed by atoms with E-state index in [0.29, 0.717) is 13.0 Å². The van der Waals surface area contributed by atoms with Crippen LogP contribution in [0.5, 0.6) is 11.5 Å². The number of hydrogen-bond donors (Lipinski definition) is 1. The number of unbranched alkanes of at least 4 members (excludes halogenated alkanes) is 2. The van der Waals surface area contributed by atoms with Gasteiger partial charge in [0.25, 0.3) is 0 Å². The molecule has 1 rings (SSSR count). The third-order valence-corrected chi connectivity index (χ3v) is 3.29. The molecule has 0 saturated heterocycles. The van der Waals surface area contributed by atoms with Crippen LogP contribution in [0.3, 0.4) is 0 Å². The quantitative estimate of drug-likeness (QED) is 0.736. The minimum Gasteiger partial charge on any atom is -0.497 e. The molecule has 1 N–H and O–H groups in total. The summed E-state index contributed by atoms with van der Waals surface area (Å²) in [5.74, 6) is 0.969. The van der Waals surface area contributed by atoms with Crippen LogP contribution >= 0.6 is 0 Å². The molecule has 0 atom stereocenters. The van der Waals surface area contributed by atoms with E-state index >= 15 is 0 Å². The van der Waals surface area contributed by atoms with E-state index < -0.39 is 5.97 Å². The molecule has 4 heteroatoms. The lowest BCUT2D eigenvalue weighted by atomic mass is 9.86. The summed E-state index contributed by atoms with van der Waals surface area (Å²) in [5, 5.41) is 8.58. The number of aliphatic carboxylic acids is 1. The Morgan fingerprint density at radius 2 is 1.90 bits per heavy atom. The van der Waals surface area contributed by atoms with E-state index in [0.717, 1.165) is 29.9 Å². The van der Waals surface area contributed by atoms with E-state index in [9.17, 15) is 4.79 Å². The van der Waals surface area contributed by atoms with E-state index in [1.807, 2.05) is 18.2 Å². The Morgan fingerprint density at radius 1 is 1.19 bits per heavy atom. The predicted molar refractivity (Wildman–Crippen MR) is 83.3 cm³/mol. The summed E-state index contributed by atoms with van der Waals surface area (Å²) in [6.45, 7) is 7.03. The van der Waals surface area contributed by atoms with Crippen LogP contribution in [0.4, 0.5) is 0 Å². The highest BCUT2D eigenvalue weighted by molar-refractivity contribution is 5.66. The molecule has 0 unspecified atom stereocenters. The Hall–Kier alpha value is -1.71. The van der Waals surface area contributed by atoms with E-state index in [4.69, 9.17) is 14.6 Å². The Balaban J connectivity index is 2.56. The summed E-state index contributed by atoms with van der Waals surface area (Å²) in [6.07, 6.45) is 2.67. The van der Waals surface area contributed by atoms with Gasteiger partial charge in [-0.3, -0.25) is 4.79 Å². The zero-order valence-electron chi connectivity index (χ0n) is 13.4. The number of carboxylic acids is 1. The van der Waals surface area contributed by atoms with Gasteiger partial charge in [0.1, 0.15) is 11.5 Å². The van der Waals surface area contributed by atoms with E-state index in [1.54, 1.807) is 7.11 Å². The zero-order chi connectivity index (χ0) is 15.9. The van der Waals surface area contributed by atoms with Crippen molar-refractivity contribution in [3.8, 4) is 11.5 Å². The van der Waals surface area contributed by atoms with Crippen molar-refractivity contribution in [1.82, 2.24) is 0 Å². The second kappa shape index (κ2) is 7.91. The Labute approximate surface area is 127 Å². The molecule has 21 heavy (non-hydrogen) atoms. The van der Waals surface area contributed by atoms with Crippen LogP contribution in [0.1, 0.15) is 52.0 Å². The topological polar surface area (TPSA) is 55.8 Å². The van der Waals surface area contributed by atoms with Crippen LogP contribution < -0.4 is 9.47 Å². The smallest absolute Gasteiger partial charge is 0.303 e. The third kappa shape index (κ3) is 6.06. The number of carboxylic acid groups (broad SMARTS) is 1. The van der Waals surface area contributed by atoms with E-state index in [1.165, 1.54) is 0 Å². The number of methoxy groups -OCH3 is 1. The van der Waals surface area contributed by atoms with Gasteiger partial charge >= 0.3 is 5.97 Å². The van der Waals surface area contributed by atoms with Gasteiger partial charge in [-0.25, -0.2) is 0 Å². The molecule has 0 radical (unpaired) electrons. The second-order valence-electron chi connectivity index (χ2n) is 6.16. The lowest BCUT2D eigenvalue weighted by molar-refractivity contribution is -0.137. The molecule has 0 aromatic heterocycles. The van der Waals surface area contributed by atoms with Gasteiger partial charge in [0, 0.05) is 12.0 Å². The first-order valence-electron chi connectivity index (χ1n) is 7.37. The molecule has 1 aromatic rings. The minimum atomic E-state index is -0.735. The third-order valence-electron chi connectivity index (χ3n) is 3.29. The van der Waals surface area contributed by atoms with Crippen LogP contribution in [0, 0.1) is 0 Å². The fourth-order valence-electron chi connectivity index (χ4n) is 2.09.